The van der Waals surface area contributed by atoms with Crippen molar-refractivity contribution < 1.29 is 19.0 Å². The van der Waals surface area contributed by atoms with Crippen LogP contribution in [0, 0.1) is 0 Å². The van der Waals surface area contributed by atoms with Gasteiger partial charge in [-0.1, -0.05) is 18.2 Å². The van der Waals surface area contributed by atoms with E-state index >= 15 is 0 Å². The largest absolute Gasteiger partial charge is 0.493 e. The third kappa shape index (κ3) is 5.54. The summed E-state index contributed by atoms with van der Waals surface area (Å²) in [5.74, 6) is 3.41. The van der Waals surface area contributed by atoms with Crippen LogP contribution in [-0.4, -0.2) is 74.0 Å². The fraction of sp³-hybridized carbons (Fsp3) is 0.417. The van der Waals surface area contributed by atoms with Crippen LogP contribution in [0.1, 0.15) is 10.6 Å². The summed E-state index contributed by atoms with van der Waals surface area (Å²) in [5.41, 5.74) is 2.08. The Morgan fingerprint density at radius 3 is 2.45 bits per heavy atom. The lowest BCUT2D eigenvalue weighted by atomic mass is 10.1. The van der Waals surface area contributed by atoms with Crippen molar-refractivity contribution in [2.24, 2.45) is 0 Å². The zero-order valence-electron chi connectivity index (χ0n) is 19.2. The van der Waals surface area contributed by atoms with Gasteiger partial charge < -0.3 is 19.1 Å². The second-order valence-corrected chi connectivity index (χ2v) is 9.82. The third-order valence-corrected chi connectivity index (χ3v) is 7.84. The van der Waals surface area contributed by atoms with E-state index in [2.05, 4.69) is 16.0 Å². The van der Waals surface area contributed by atoms with Gasteiger partial charge in [0, 0.05) is 44.0 Å². The molecule has 4 rings (SSSR count). The van der Waals surface area contributed by atoms with Gasteiger partial charge in [-0.25, -0.2) is 4.98 Å². The lowest BCUT2D eigenvalue weighted by molar-refractivity contribution is -0.130. The molecular weight excluding hydrogens is 458 g/mol. The first-order valence-corrected chi connectivity index (χ1v) is 12.8. The number of benzene rings is 2. The van der Waals surface area contributed by atoms with Gasteiger partial charge in [0.1, 0.15) is 5.01 Å². The maximum Gasteiger partial charge on any atom is 0.232 e. The Balaban J connectivity index is 1.26. The number of fused-ring (bicyclic) bond motifs is 1. The molecule has 7 nitrogen and oxygen atoms in total. The summed E-state index contributed by atoms with van der Waals surface area (Å²) in [6, 6.07) is 12.1. The Morgan fingerprint density at radius 2 is 1.76 bits per heavy atom. The second-order valence-electron chi connectivity index (χ2n) is 7.72. The molecule has 2 aromatic carbocycles. The average molecular weight is 488 g/mol. The van der Waals surface area contributed by atoms with Crippen molar-refractivity contribution in [1.82, 2.24) is 14.8 Å². The molecule has 9 heteroatoms. The highest BCUT2D eigenvalue weighted by Crippen LogP contribution is 2.40. The summed E-state index contributed by atoms with van der Waals surface area (Å²) in [7, 11) is 4.87. The fourth-order valence-electron chi connectivity index (χ4n) is 3.98. The minimum Gasteiger partial charge on any atom is -0.493 e. The molecule has 1 aliphatic heterocycles. The number of thioether (sulfide) groups is 1. The van der Waals surface area contributed by atoms with E-state index in [0.717, 1.165) is 54.6 Å². The van der Waals surface area contributed by atoms with Crippen molar-refractivity contribution >= 4 is 39.2 Å². The van der Waals surface area contributed by atoms with Crippen molar-refractivity contribution in [1.29, 1.82) is 0 Å². The number of para-hydroxylation sites is 1. The van der Waals surface area contributed by atoms with Crippen LogP contribution in [0.25, 0.3) is 10.2 Å². The Kier molecular flexibility index (Phi) is 7.95. The molecule has 1 aliphatic rings. The summed E-state index contributed by atoms with van der Waals surface area (Å²) in [6.07, 6.45) is 0. The van der Waals surface area contributed by atoms with Crippen molar-refractivity contribution in [2.45, 2.75) is 12.3 Å². The smallest absolute Gasteiger partial charge is 0.232 e. The molecule has 2 heterocycles. The molecule has 0 bridgehead atoms. The average Bonchev–Trinajstić information content (AvgIpc) is 3.26. The molecule has 0 saturated carbocycles. The van der Waals surface area contributed by atoms with E-state index in [1.165, 1.54) is 4.70 Å². The number of nitrogens with zero attached hydrogens (tertiary/aromatic N) is 3. The van der Waals surface area contributed by atoms with Crippen molar-refractivity contribution in [2.75, 3.05) is 53.3 Å². The Hall–Kier alpha value is -2.49. The first-order chi connectivity index (χ1) is 16.1. The standard InChI is InChI=1S/C24H29N3O4S2/c1-29-19-9-8-17(23(30-2)24(19)31-3)14-26-10-12-27(13-11-26)22(28)16-32-15-21-25-18-6-4-5-7-20(18)33-21/h4-9H,10-16H2,1-3H3. The highest BCUT2D eigenvalue weighted by atomic mass is 32.2. The maximum absolute atomic E-state index is 12.7. The number of carbonyl (C=O) groups is 1. The summed E-state index contributed by atoms with van der Waals surface area (Å²) in [5, 5.41) is 1.07. The minimum atomic E-state index is 0.199. The molecule has 176 valence electrons. The predicted molar refractivity (Wildman–Crippen MR) is 134 cm³/mol. The van der Waals surface area contributed by atoms with Crippen LogP contribution in [0.5, 0.6) is 17.2 Å². The number of amides is 1. The number of methoxy groups -OCH3 is 3. The Labute approximate surface area is 202 Å². The molecule has 1 fully saturated rings. The first kappa shape index (κ1) is 23.7. The molecule has 0 radical (unpaired) electrons. The zero-order valence-corrected chi connectivity index (χ0v) is 20.8. The summed E-state index contributed by atoms with van der Waals surface area (Å²) < 4.78 is 17.7. The number of carbonyl (C=O) groups excluding carboxylic acids is 1. The van der Waals surface area contributed by atoms with Crippen LogP contribution >= 0.6 is 23.1 Å². The fourth-order valence-corrected chi connectivity index (χ4v) is 5.93. The summed E-state index contributed by atoms with van der Waals surface area (Å²) in [4.78, 5) is 21.6. The van der Waals surface area contributed by atoms with Crippen molar-refractivity contribution in [3.8, 4) is 17.2 Å². The van der Waals surface area contributed by atoms with E-state index in [0.29, 0.717) is 23.0 Å². The van der Waals surface area contributed by atoms with Crippen LogP contribution in [0.15, 0.2) is 36.4 Å². The Morgan fingerprint density at radius 1 is 1.00 bits per heavy atom. The lowest BCUT2D eigenvalue weighted by Gasteiger charge is -2.35. The SMILES string of the molecule is COc1ccc(CN2CCN(C(=O)CSCc3nc4ccccc4s3)CC2)c(OC)c1OC. The molecule has 0 spiro atoms. The van der Waals surface area contributed by atoms with Crippen LogP contribution in [0.2, 0.25) is 0 Å². The summed E-state index contributed by atoms with van der Waals surface area (Å²) >= 11 is 3.34. The van der Waals surface area contributed by atoms with Gasteiger partial charge in [0.15, 0.2) is 11.5 Å². The highest BCUT2D eigenvalue weighted by Gasteiger charge is 2.23. The number of piperazine rings is 1. The van der Waals surface area contributed by atoms with Crippen LogP contribution in [-0.2, 0) is 17.1 Å². The summed E-state index contributed by atoms with van der Waals surface area (Å²) in [6.45, 7) is 3.85. The van der Waals surface area contributed by atoms with E-state index in [-0.39, 0.29) is 5.91 Å². The van der Waals surface area contributed by atoms with E-state index in [9.17, 15) is 4.79 Å². The highest BCUT2D eigenvalue weighted by molar-refractivity contribution is 7.99. The molecule has 0 aliphatic carbocycles. The molecule has 0 unspecified atom stereocenters. The van der Waals surface area contributed by atoms with E-state index < -0.39 is 0 Å². The monoisotopic (exact) mass is 487 g/mol. The number of hydrogen-bond acceptors (Lipinski definition) is 8. The number of thiazole rings is 1. The number of aromatic nitrogens is 1. The van der Waals surface area contributed by atoms with Gasteiger partial charge in [0.2, 0.25) is 11.7 Å². The van der Waals surface area contributed by atoms with Crippen LogP contribution < -0.4 is 14.2 Å². The van der Waals surface area contributed by atoms with Gasteiger partial charge in [-0.15, -0.1) is 23.1 Å². The number of hydrogen-bond donors (Lipinski definition) is 0. The molecule has 1 saturated heterocycles. The van der Waals surface area contributed by atoms with Gasteiger partial charge in [-0.05, 0) is 18.2 Å². The number of ether oxygens (including phenoxy) is 3. The van der Waals surface area contributed by atoms with Gasteiger partial charge >= 0.3 is 0 Å². The maximum atomic E-state index is 12.7. The molecule has 3 aromatic rings. The molecule has 0 N–H and O–H groups in total. The quantitative estimate of drug-likeness (QED) is 0.454. The van der Waals surface area contributed by atoms with E-state index in [1.54, 1.807) is 44.4 Å². The van der Waals surface area contributed by atoms with Crippen LogP contribution in [0.3, 0.4) is 0 Å². The van der Waals surface area contributed by atoms with E-state index in [1.807, 2.05) is 35.2 Å². The second kappa shape index (κ2) is 11.1. The van der Waals surface area contributed by atoms with Gasteiger partial charge in [-0.2, -0.15) is 0 Å². The zero-order chi connectivity index (χ0) is 23.2. The molecule has 33 heavy (non-hydrogen) atoms. The van der Waals surface area contributed by atoms with Gasteiger partial charge in [-0.3, -0.25) is 9.69 Å². The van der Waals surface area contributed by atoms with Gasteiger partial charge in [0.05, 0.1) is 37.3 Å². The van der Waals surface area contributed by atoms with Crippen molar-refractivity contribution in [3.05, 3.63) is 47.0 Å². The lowest BCUT2D eigenvalue weighted by Crippen LogP contribution is -2.48. The topological polar surface area (TPSA) is 64.1 Å². The molecule has 1 amide bonds. The van der Waals surface area contributed by atoms with Crippen molar-refractivity contribution in [3.63, 3.8) is 0 Å². The van der Waals surface area contributed by atoms with Crippen LogP contribution in [0.4, 0.5) is 0 Å². The molecule has 0 atom stereocenters. The molecular formula is C24H29N3O4S2. The Bertz CT molecular complexity index is 1060. The normalized spacial score (nSPS) is 14.5. The minimum absolute atomic E-state index is 0.199. The molecule has 1 aromatic heterocycles. The first-order valence-electron chi connectivity index (χ1n) is 10.8. The van der Waals surface area contributed by atoms with E-state index in [4.69, 9.17) is 14.2 Å². The van der Waals surface area contributed by atoms with Gasteiger partial charge in [0.25, 0.3) is 0 Å². The third-order valence-electron chi connectivity index (χ3n) is 5.69. The predicted octanol–water partition coefficient (Wildman–Crippen LogP) is 3.90. The number of rotatable bonds is 9.